The topological polar surface area (TPSA) is 124 Å². The number of esters is 1. The number of Topliss-reactive ketones (excluding diaryl/α,β-unsaturated/α-hetero) is 1. The maximum Gasteiger partial charge on any atom is 0.338 e. The quantitative estimate of drug-likeness (QED) is 0.160. The number of hydrogen-bond donors (Lipinski definition) is 0. The third-order valence-electron chi connectivity index (χ3n) is 4.92. The lowest BCUT2D eigenvalue weighted by Gasteiger charge is -2.13. The minimum absolute atomic E-state index is 0.0144. The molecule has 0 saturated heterocycles. The Morgan fingerprint density at radius 2 is 1.61 bits per heavy atom. The van der Waals surface area contributed by atoms with Crippen molar-refractivity contribution in [3.8, 4) is 0 Å². The van der Waals surface area contributed by atoms with E-state index < -0.39 is 35.1 Å². The van der Waals surface area contributed by atoms with Crippen LogP contribution in [0.3, 0.4) is 0 Å². The highest BCUT2D eigenvalue weighted by Crippen LogP contribution is 2.30. The van der Waals surface area contributed by atoms with Gasteiger partial charge in [-0.2, -0.15) is 0 Å². The number of rotatable bonds is 6. The fourth-order valence-corrected chi connectivity index (χ4v) is 3.55. The molecule has 0 saturated carbocycles. The van der Waals surface area contributed by atoms with Gasteiger partial charge in [0.25, 0.3) is 17.5 Å². The molecule has 0 aliphatic carbocycles. The highest BCUT2D eigenvalue weighted by atomic mass is 79.9. The first-order valence-corrected chi connectivity index (χ1v) is 10.3. The number of ether oxygens (including phenoxy) is 1. The summed E-state index contributed by atoms with van der Waals surface area (Å²) >= 11 is 3.29. The van der Waals surface area contributed by atoms with Crippen molar-refractivity contribution in [3.63, 3.8) is 0 Å². The summed E-state index contributed by atoms with van der Waals surface area (Å²) < 4.78 is 5.80. The summed E-state index contributed by atoms with van der Waals surface area (Å²) in [6, 6.07) is 15.6. The van der Waals surface area contributed by atoms with Crippen LogP contribution < -0.4 is 4.90 Å². The standard InChI is InChI=1S/C23H13BrN2O7/c24-15-5-7-16(8-6-15)25-21(28)18-9-4-14(11-19(18)22(25)29)23(30)33-12-20(27)13-2-1-3-17(10-13)26(31)32/h1-11H,12H2. The number of carbonyl (C=O) groups is 4. The second-order valence-electron chi connectivity index (χ2n) is 6.99. The maximum absolute atomic E-state index is 12.8. The molecule has 0 N–H and O–H groups in total. The monoisotopic (exact) mass is 508 g/mol. The molecule has 0 unspecified atom stereocenters. The molecule has 0 spiro atoms. The van der Waals surface area contributed by atoms with Crippen LogP contribution in [0.25, 0.3) is 0 Å². The molecule has 1 aliphatic rings. The van der Waals surface area contributed by atoms with Gasteiger partial charge >= 0.3 is 5.97 Å². The molecule has 1 aliphatic heterocycles. The van der Waals surface area contributed by atoms with Crippen LogP contribution in [0.4, 0.5) is 11.4 Å². The molecule has 0 aromatic heterocycles. The van der Waals surface area contributed by atoms with Gasteiger partial charge in [0.15, 0.2) is 6.61 Å². The Bertz CT molecular complexity index is 1330. The van der Waals surface area contributed by atoms with Crippen LogP contribution in [-0.4, -0.2) is 35.1 Å². The molecule has 3 aromatic rings. The number of ketones is 1. The smallest absolute Gasteiger partial charge is 0.338 e. The molecule has 0 bridgehead atoms. The van der Waals surface area contributed by atoms with E-state index in [4.69, 9.17) is 4.74 Å². The molecular weight excluding hydrogens is 496 g/mol. The molecule has 0 fully saturated rings. The van der Waals surface area contributed by atoms with E-state index in [0.717, 1.165) is 15.4 Å². The van der Waals surface area contributed by atoms with Gasteiger partial charge in [0.1, 0.15) is 0 Å². The number of nitro groups is 1. The molecule has 164 valence electrons. The summed E-state index contributed by atoms with van der Waals surface area (Å²) in [5.41, 5.74) is 0.325. The van der Waals surface area contributed by atoms with E-state index in [2.05, 4.69) is 15.9 Å². The minimum atomic E-state index is -0.876. The third-order valence-corrected chi connectivity index (χ3v) is 5.45. The predicted molar refractivity (Wildman–Crippen MR) is 119 cm³/mol. The summed E-state index contributed by atoms with van der Waals surface area (Å²) in [5.74, 6) is -2.60. The molecular formula is C23H13BrN2O7. The van der Waals surface area contributed by atoms with Gasteiger partial charge in [0, 0.05) is 22.2 Å². The Hall–Kier alpha value is -4.18. The van der Waals surface area contributed by atoms with Gasteiger partial charge in [0.2, 0.25) is 5.78 Å². The Labute approximate surface area is 194 Å². The van der Waals surface area contributed by atoms with Crippen LogP contribution in [0.5, 0.6) is 0 Å². The van der Waals surface area contributed by atoms with Crippen molar-refractivity contribution in [1.82, 2.24) is 0 Å². The zero-order valence-electron chi connectivity index (χ0n) is 16.7. The van der Waals surface area contributed by atoms with Crippen molar-refractivity contribution in [2.24, 2.45) is 0 Å². The van der Waals surface area contributed by atoms with Gasteiger partial charge < -0.3 is 4.74 Å². The average molecular weight is 509 g/mol. The van der Waals surface area contributed by atoms with Crippen molar-refractivity contribution in [3.05, 3.63) is 104 Å². The van der Waals surface area contributed by atoms with Crippen LogP contribution in [0.15, 0.2) is 71.2 Å². The van der Waals surface area contributed by atoms with Crippen LogP contribution in [0.2, 0.25) is 0 Å². The lowest BCUT2D eigenvalue weighted by molar-refractivity contribution is -0.384. The van der Waals surface area contributed by atoms with E-state index in [1.54, 1.807) is 24.3 Å². The Kier molecular flexibility index (Phi) is 5.84. The number of fused-ring (bicyclic) bond motifs is 1. The molecule has 2 amide bonds. The number of halogens is 1. The van der Waals surface area contributed by atoms with E-state index in [1.807, 2.05) is 0 Å². The van der Waals surface area contributed by atoms with Gasteiger partial charge in [-0.1, -0.05) is 28.1 Å². The number of non-ortho nitro benzene ring substituents is 1. The first kappa shape index (κ1) is 22.0. The number of amides is 2. The van der Waals surface area contributed by atoms with E-state index in [0.29, 0.717) is 5.69 Å². The Morgan fingerprint density at radius 3 is 2.30 bits per heavy atom. The lowest BCUT2D eigenvalue weighted by atomic mass is 10.1. The lowest BCUT2D eigenvalue weighted by Crippen LogP contribution is -2.29. The summed E-state index contributed by atoms with van der Waals surface area (Å²) in [6.45, 7) is -0.644. The first-order valence-electron chi connectivity index (χ1n) is 9.49. The molecule has 9 nitrogen and oxygen atoms in total. The van der Waals surface area contributed by atoms with Crippen molar-refractivity contribution in [2.75, 3.05) is 11.5 Å². The van der Waals surface area contributed by atoms with Crippen LogP contribution in [0.1, 0.15) is 41.4 Å². The number of nitro benzene ring substituents is 1. The molecule has 33 heavy (non-hydrogen) atoms. The molecule has 4 rings (SSSR count). The van der Waals surface area contributed by atoms with Gasteiger partial charge in [-0.05, 0) is 42.5 Å². The van der Waals surface area contributed by atoms with Crippen molar-refractivity contribution in [1.29, 1.82) is 0 Å². The number of hydrogen-bond acceptors (Lipinski definition) is 7. The maximum atomic E-state index is 12.8. The predicted octanol–water partition coefficient (Wildman–Crippen LogP) is 4.20. The number of anilines is 1. The van der Waals surface area contributed by atoms with E-state index in [1.165, 1.54) is 36.4 Å². The second kappa shape index (κ2) is 8.75. The van der Waals surface area contributed by atoms with Gasteiger partial charge in [-0.15, -0.1) is 0 Å². The minimum Gasteiger partial charge on any atom is -0.454 e. The number of imide groups is 1. The normalized spacial score (nSPS) is 12.5. The highest BCUT2D eigenvalue weighted by molar-refractivity contribution is 9.10. The second-order valence-corrected chi connectivity index (χ2v) is 7.90. The summed E-state index contributed by atoms with van der Waals surface area (Å²) in [7, 11) is 0. The number of nitrogens with zero attached hydrogens (tertiary/aromatic N) is 2. The van der Waals surface area contributed by atoms with Crippen molar-refractivity contribution in [2.45, 2.75) is 0 Å². The largest absolute Gasteiger partial charge is 0.454 e. The van der Waals surface area contributed by atoms with Gasteiger partial charge in [-0.25, -0.2) is 9.69 Å². The van der Waals surface area contributed by atoms with Crippen LogP contribution in [0, 0.1) is 10.1 Å². The summed E-state index contributed by atoms with van der Waals surface area (Å²) in [4.78, 5) is 61.5. The van der Waals surface area contributed by atoms with Crippen LogP contribution >= 0.6 is 15.9 Å². The zero-order valence-corrected chi connectivity index (χ0v) is 18.3. The molecule has 0 atom stereocenters. The Balaban J connectivity index is 1.49. The zero-order chi connectivity index (χ0) is 23.7. The summed E-state index contributed by atoms with van der Waals surface area (Å²) in [6.07, 6.45) is 0. The molecule has 3 aromatic carbocycles. The van der Waals surface area contributed by atoms with E-state index >= 15 is 0 Å². The van der Waals surface area contributed by atoms with E-state index in [9.17, 15) is 29.3 Å². The SMILES string of the molecule is O=C(COC(=O)c1ccc2c(c1)C(=O)N(c1ccc(Br)cc1)C2=O)c1cccc([N+](=O)[O-])c1. The van der Waals surface area contributed by atoms with E-state index in [-0.39, 0.29) is 27.9 Å². The van der Waals surface area contributed by atoms with Crippen molar-refractivity contribution < 1.29 is 28.8 Å². The molecule has 1 heterocycles. The molecule has 0 radical (unpaired) electrons. The highest BCUT2D eigenvalue weighted by Gasteiger charge is 2.37. The van der Waals surface area contributed by atoms with Crippen molar-refractivity contribution >= 4 is 50.9 Å². The molecule has 10 heteroatoms. The fraction of sp³-hybridized carbons (Fsp3) is 0.0435. The number of benzene rings is 3. The average Bonchev–Trinajstić information content (AvgIpc) is 3.07. The first-order chi connectivity index (χ1) is 15.8. The third kappa shape index (κ3) is 4.28. The Morgan fingerprint density at radius 1 is 0.909 bits per heavy atom. The van der Waals surface area contributed by atoms with Crippen LogP contribution in [-0.2, 0) is 4.74 Å². The summed E-state index contributed by atoms with van der Waals surface area (Å²) in [5, 5.41) is 10.8. The fourth-order valence-electron chi connectivity index (χ4n) is 3.28. The van der Waals surface area contributed by atoms with Gasteiger partial charge in [0.05, 0.1) is 27.3 Å². The number of carbonyl (C=O) groups excluding carboxylic acids is 4. The van der Waals surface area contributed by atoms with Gasteiger partial charge in [-0.3, -0.25) is 24.5 Å².